The monoisotopic (exact) mass is 323 g/mol. The number of piperidine rings is 1. The first-order valence-electron chi connectivity index (χ1n) is 8.65. The molecule has 0 spiro atoms. The summed E-state index contributed by atoms with van der Waals surface area (Å²) in [5, 5.41) is 3.36. The van der Waals surface area contributed by atoms with E-state index in [1.165, 1.54) is 17.5 Å². The standard InChI is InChI=1S/C20H25N3O/c1-15-5-3-7-17(9-15)11-22-19-10-18(12-21-13-19)20(24)23-8-4-6-16(2)14-23/h3,5,7,9-10,12-13,16,22H,4,6,8,11,14H2,1-2H3. The van der Waals surface area contributed by atoms with E-state index in [0.717, 1.165) is 31.7 Å². The number of aryl methyl sites for hydroxylation is 1. The van der Waals surface area contributed by atoms with Crippen LogP contribution >= 0.6 is 0 Å². The molecule has 1 aliphatic rings. The van der Waals surface area contributed by atoms with Crippen LogP contribution in [0.5, 0.6) is 0 Å². The van der Waals surface area contributed by atoms with Gasteiger partial charge in [-0.1, -0.05) is 36.8 Å². The lowest BCUT2D eigenvalue weighted by Crippen LogP contribution is -2.39. The number of benzene rings is 1. The summed E-state index contributed by atoms with van der Waals surface area (Å²) in [5.74, 6) is 0.673. The lowest BCUT2D eigenvalue weighted by atomic mass is 10.00. The van der Waals surface area contributed by atoms with E-state index in [0.29, 0.717) is 11.5 Å². The van der Waals surface area contributed by atoms with Crippen LogP contribution in [0.3, 0.4) is 0 Å². The number of aromatic nitrogens is 1. The van der Waals surface area contributed by atoms with Gasteiger partial charge < -0.3 is 10.2 Å². The van der Waals surface area contributed by atoms with Gasteiger partial charge in [0.2, 0.25) is 0 Å². The maximum atomic E-state index is 12.7. The maximum absolute atomic E-state index is 12.7. The van der Waals surface area contributed by atoms with Crippen molar-refractivity contribution in [2.75, 3.05) is 18.4 Å². The molecular formula is C20H25N3O. The van der Waals surface area contributed by atoms with Crippen molar-refractivity contribution in [1.82, 2.24) is 9.88 Å². The Labute approximate surface area is 143 Å². The van der Waals surface area contributed by atoms with Gasteiger partial charge in [0.15, 0.2) is 0 Å². The van der Waals surface area contributed by atoms with E-state index in [9.17, 15) is 4.79 Å². The Hall–Kier alpha value is -2.36. The maximum Gasteiger partial charge on any atom is 0.255 e. The molecule has 1 amide bonds. The molecule has 1 aromatic heterocycles. The van der Waals surface area contributed by atoms with Gasteiger partial charge in [0.05, 0.1) is 11.3 Å². The van der Waals surface area contributed by atoms with Crippen molar-refractivity contribution in [2.24, 2.45) is 5.92 Å². The molecule has 4 heteroatoms. The number of hydrogen-bond donors (Lipinski definition) is 1. The van der Waals surface area contributed by atoms with Crippen LogP contribution in [0.2, 0.25) is 0 Å². The topological polar surface area (TPSA) is 45.2 Å². The Kier molecular flexibility index (Phi) is 5.14. The number of amides is 1. The molecule has 1 N–H and O–H groups in total. The first-order chi connectivity index (χ1) is 11.6. The molecule has 1 fully saturated rings. The van der Waals surface area contributed by atoms with Gasteiger partial charge in [0.1, 0.15) is 0 Å². The van der Waals surface area contributed by atoms with Crippen molar-refractivity contribution in [2.45, 2.75) is 33.2 Å². The zero-order valence-electron chi connectivity index (χ0n) is 14.5. The zero-order valence-corrected chi connectivity index (χ0v) is 14.5. The van der Waals surface area contributed by atoms with Crippen LogP contribution in [0.25, 0.3) is 0 Å². The van der Waals surface area contributed by atoms with E-state index in [1.54, 1.807) is 12.4 Å². The molecule has 0 radical (unpaired) electrons. The molecule has 4 nitrogen and oxygen atoms in total. The molecule has 0 saturated carbocycles. The predicted molar refractivity (Wildman–Crippen MR) is 97.0 cm³/mol. The first kappa shape index (κ1) is 16.5. The summed E-state index contributed by atoms with van der Waals surface area (Å²) in [6.07, 6.45) is 5.73. The van der Waals surface area contributed by atoms with Crippen molar-refractivity contribution in [3.05, 3.63) is 59.4 Å². The van der Waals surface area contributed by atoms with Gasteiger partial charge in [0.25, 0.3) is 5.91 Å². The molecule has 2 aromatic rings. The molecule has 1 unspecified atom stereocenters. The number of pyridine rings is 1. The predicted octanol–water partition coefficient (Wildman–Crippen LogP) is 3.87. The minimum Gasteiger partial charge on any atom is -0.380 e. The van der Waals surface area contributed by atoms with Crippen LogP contribution in [-0.2, 0) is 6.54 Å². The molecule has 24 heavy (non-hydrogen) atoms. The van der Waals surface area contributed by atoms with Crippen LogP contribution in [-0.4, -0.2) is 28.9 Å². The number of carbonyl (C=O) groups is 1. The summed E-state index contributed by atoms with van der Waals surface area (Å²) in [4.78, 5) is 18.9. The summed E-state index contributed by atoms with van der Waals surface area (Å²) >= 11 is 0. The van der Waals surface area contributed by atoms with Crippen molar-refractivity contribution in [3.63, 3.8) is 0 Å². The van der Waals surface area contributed by atoms with E-state index in [1.807, 2.05) is 11.0 Å². The smallest absolute Gasteiger partial charge is 0.255 e. The Morgan fingerprint density at radius 1 is 1.33 bits per heavy atom. The zero-order chi connectivity index (χ0) is 16.9. The van der Waals surface area contributed by atoms with Crippen LogP contribution < -0.4 is 5.32 Å². The first-order valence-corrected chi connectivity index (χ1v) is 8.65. The van der Waals surface area contributed by atoms with E-state index < -0.39 is 0 Å². The second-order valence-corrected chi connectivity index (χ2v) is 6.80. The molecule has 1 aromatic carbocycles. The Morgan fingerprint density at radius 3 is 3.00 bits per heavy atom. The van der Waals surface area contributed by atoms with Crippen LogP contribution in [0, 0.1) is 12.8 Å². The normalized spacial score (nSPS) is 17.6. The number of nitrogens with zero attached hydrogens (tertiary/aromatic N) is 2. The third-order valence-corrected chi connectivity index (χ3v) is 4.51. The number of carbonyl (C=O) groups excluding carboxylic acids is 1. The van der Waals surface area contributed by atoms with Gasteiger partial charge >= 0.3 is 0 Å². The van der Waals surface area contributed by atoms with Gasteiger partial charge in [0, 0.05) is 32.0 Å². The molecular weight excluding hydrogens is 298 g/mol. The third kappa shape index (κ3) is 4.13. The highest BCUT2D eigenvalue weighted by Gasteiger charge is 2.22. The molecule has 1 saturated heterocycles. The van der Waals surface area contributed by atoms with Gasteiger partial charge in [-0.05, 0) is 37.3 Å². The molecule has 0 bridgehead atoms. The fraction of sp³-hybridized carbons (Fsp3) is 0.400. The summed E-state index contributed by atoms with van der Waals surface area (Å²) < 4.78 is 0. The molecule has 126 valence electrons. The summed E-state index contributed by atoms with van der Waals surface area (Å²) in [7, 11) is 0. The summed E-state index contributed by atoms with van der Waals surface area (Å²) in [6.45, 7) is 6.72. The number of anilines is 1. The fourth-order valence-corrected chi connectivity index (χ4v) is 3.24. The van der Waals surface area contributed by atoms with Crippen LogP contribution in [0.4, 0.5) is 5.69 Å². The van der Waals surface area contributed by atoms with Gasteiger partial charge in [-0.2, -0.15) is 0 Å². The van der Waals surface area contributed by atoms with E-state index in [2.05, 4.69) is 48.4 Å². The number of nitrogens with one attached hydrogen (secondary N) is 1. The lowest BCUT2D eigenvalue weighted by molar-refractivity contribution is 0.0682. The fourth-order valence-electron chi connectivity index (χ4n) is 3.24. The van der Waals surface area contributed by atoms with Crippen molar-refractivity contribution < 1.29 is 4.79 Å². The van der Waals surface area contributed by atoms with Crippen LogP contribution in [0.1, 0.15) is 41.3 Å². The minimum atomic E-state index is 0.0910. The Balaban J connectivity index is 1.66. The average Bonchev–Trinajstić information content (AvgIpc) is 2.60. The average molecular weight is 323 g/mol. The molecule has 2 heterocycles. The molecule has 1 atom stereocenters. The second-order valence-electron chi connectivity index (χ2n) is 6.80. The van der Waals surface area contributed by atoms with E-state index in [-0.39, 0.29) is 5.91 Å². The van der Waals surface area contributed by atoms with Crippen LogP contribution in [0.15, 0.2) is 42.7 Å². The molecule has 0 aliphatic carbocycles. The minimum absolute atomic E-state index is 0.0910. The summed E-state index contributed by atoms with van der Waals surface area (Å²) in [5.41, 5.74) is 4.01. The Bertz CT molecular complexity index is 714. The quantitative estimate of drug-likeness (QED) is 0.929. The highest BCUT2D eigenvalue weighted by Crippen LogP contribution is 2.19. The second kappa shape index (κ2) is 7.47. The van der Waals surface area contributed by atoms with Gasteiger partial charge in [-0.15, -0.1) is 0 Å². The Morgan fingerprint density at radius 2 is 2.21 bits per heavy atom. The van der Waals surface area contributed by atoms with Crippen molar-refractivity contribution in [1.29, 1.82) is 0 Å². The molecule has 3 rings (SSSR count). The van der Waals surface area contributed by atoms with Gasteiger partial charge in [-0.3, -0.25) is 9.78 Å². The van der Waals surface area contributed by atoms with E-state index in [4.69, 9.17) is 0 Å². The van der Waals surface area contributed by atoms with Crippen molar-refractivity contribution >= 4 is 11.6 Å². The van der Waals surface area contributed by atoms with Gasteiger partial charge in [-0.25, -0.2) is 0 Å². The number of likely N-dealkylation sites (tertiary alicyclic amines) is 1. The van der Waals surface area contributed by atoms with E-state index >= 15 is 0 Å². The number of rotatable bonds is 4. The highest BCUT2D eigenvalue weighted by molar-refractivity contribution is 5.94. The molecule has 1 aliphatic heterocycles. The third-order valence-electron chi connectivity index (χ3n) is 4.51. The largest absolute Gasteiger partial charge is 0.380 e. The SMILES string of the molecule is Cc1cccc(CNc2cncc(C(=O)N3CCCC(C)C3)c2)c1. The lowest BCUT2D eigenvalue weighted by Gasteiger charge is -2.31. The summed E-state index contributed by atoms with van der Waals surface area (Å²) in [6, 6.07) is 10.3. The number of hydrogen-bond acceptors (Lipinski definition) is 3. The van der Waals surface area contributed by atoms with Crippen molar-refractivity contribution in [3.8, 4) is 0 Å². The highest BCUT2D eigenvalue weighted by atomic mass is 16.2.